The molecular weight excluding hydrogens is 258 g/mol. The Balaban J connectivity index is 2.07. The van der Waals surface area contributed by atoms with Crippen molar-refractivity contribution >= 4 is 0 Å². The van der Waals surface area contributed by atoms with Crippen LogP contribution in [0.25, 0.3) is 0 Å². The van der Waals surface area contributed by atoms with Gasteiger partial charge >= 0.3 is 0 Å². The zero-order valence-electron chi connectivity index (χ0n) is 12.6. The molecule has 2 aromatic rings. The fraction of sp³-hybridized carbons (Fsp3) is 0.278. The fourth-order valence-electron chi connectivity index (χ4n) is 2.33. The largest absolute Gasteiger partial charge is 0.308 e. The Kier molecular flexibility index (Phi) is 5.51. The van der Waals surface area contributed by atoms with E-state index in [0.717, 1.165) is 18.7 Å². The molecule has 0 radical (unpaired) electrons. The molecule has 1 atom stereocenters. The van der Waals surface area contributed by atoms with Crippen molar-refractivity contribution in [2.45, 2.75) is 12.6 Å². The summed E-state index contributed by atoms with van der Waals surface area (Å²) < 4.78 is 0. The second-order valence-electron chi connectivity index (χ2n) is 5.42. The van der Waals surface area contributed by atoms with Crippen molar-refractivity contribution < 1.29 is 0 Å². The molecule has 0 aromatic heterocycles. The third-order valence-electron chi connectivity index (χ3n) is 3.36. The lowest BCUT2D eigenvalue weighted by atomic mass is 10.1. The van der Waals surface area contributed by atoms with Gasteiger partial charge in [-0.25, -0.2) is 0 Å². The van der Waals surface area contributed by atoms with E-state index in [0.29, 0.717) is 5.56 Å². The Labute approximate surface area is 126 Å². The van der Waals surface area contributed by atoms with Gasteiger partial charge in [-0.3, -0.25) is 0 Å². The van der Waals surface area contributed by atoms with Crippen LogP contribution in [0.4, 0.5) is 0 Å². The van der Waals surface area contributed by atoms with Gasteiger partial charge in [-0.2, -0.15) is 5.26 Å². The molecule has 0 aliphatic carbocycles. The topological polar surface area (TPSA) is 39.1 Å². The van der Waals surface area contributed by atoms with Crippen LogP contribution in [0.15, 0.2) is 54.6 Å². The molecule has 0 spiro atoms. The second kappa shape index (κ2) is 7.58. The normalized spacial score (nSPS) is 12.1. The fourth-order valence-corrected chi connectivity index (χ4v) is 2.33. The molecule has 0 heterocycles. The van der Waals surface area contributed by atoms with Gasteiger partial charge in [0, 0.05) is 19.1 Å². The number of hydrogen-bond acceptors (Lipinski definition) is 3. The Morgan fingerprint density at radius 3 is 2.52 bits per heavy atom. The zero-order valence-corrected chi connectivity index (χ0v) is 12.6. The van der Waals surface area contributed by atoms with Crippen LogP contribution in [-0.2, 0) is 6.54 Å². The first-order chi connectivity index (χ1) is 10.2. The molecular formula is C18H21N3. The van der Waals surface area contributed by atoms with Gasteiger partial charge in [-0.1, -0.05) is 42.5 Å². The highest BCUT2D eigenvalue weighted by Crippen LogP contribution is 2.14. The predicted octanol–water partition coefficient (Wildman–Crippen LogP) is 2.95. The molecule has 21 heavy (non-hydrogen) atoms. The average Bonchev–Trinajstić information content (AvgIpc) is 2.52. The quantitative estimate of drug-likeness (QED) is 0.883. The first-order valence-corrected chi connectivity index (χ1v) is 7.11. The Morgan fingerprint density at radius 1 is 1.10 bits per heavy atom. The molecule has 0 saturated carbocycles. The summed E-state index contributed by atoms with van der Waals surface area (Å²) in [6, 6.07) is 20.7. The number of nitrogens with one attached hydrogen (secondary N) is 1. The molecule has 0 bridgehead atoms. The maximum Gasteiger partial charge on any atom is 0.0991 e. The van der Waals surface area contributed by atoms with Crippen molar-refractivity contribution in [2.75, 3.05) is 20.6 Å². The summed E-state index contributed by atoms with van der Waals surface area (Å²) in [5, 5.41) is 12.5. The first-order valence-electron chi connectivity index (χ1n) is 7.11. The maximum absolute atomic E-state index is 8.96. The van der Waals surface area contributed by atoms with Gasteiger partial charge in [0.25, 0.3) is 0 Å². The molecule has 2 rings (SSSR count). The number of likely N-dealkylation sites (N-methyl/N-ethyl adjacent to an activating group) is 1. The van der Waals surface area contributed by atoms with Gasteiger partial charge in [0.2, 0.25) is 0 Å². The molecule has 0 aliphatic heterocycles. The van der Waals surface area contributed by atoms with Crippen LogP contribution in [-0.4, -0.2) is 25.5 Å². The van der Waals surface area contributed by atoms with Gasteiger partial charge in [0.05, 0.1) is 11.6 Å². The van der Waals surface area contributed by atoms with Crippen LogP contribution in [0.2, 0.25) is 0 Å². The summed E-state index contributed by atoms with van der Waals surface area (Å²) in [6.07, 6.45) is 0. The lowest BCUT2D eigenvalue weighted by molar-refractivity contribution is 0.340. The molecule has 0 fully saturated rings. The van der Waals surface area contributed by atoms with E-state index in [1.54, 1.807) is 0 Å². The summed E-state index contributed by atoms with van der Waals surface area (Å²) in [5.74, 6) is 0. The molecule has 108 valence electrons. The third kappa shape index (κ3) is 4.71. The van der Waals surface area contributed by atoms with Crippen LogP contribution in [0.3, 0.4) is 0 Å². The Morgan fingerprint density at radius 2 is 1.86 bits per heavy atom. The molecule has 3 nitrogen and oxygen atoms in total. The smallest absolute Gasteiger partial charge is 0.0991 e. The number of hydrogen-bond donors (Lipinski definition) is 1. The third-order valence-corrected chi connectivity index (χ3v) is 3.36. The van der Waals surface area contributed by atoms with Crippen LogP contribution in [0.5, 0.6) is 0 Å². The van der Waals surface area contributed by atoms with Crippen molar-refractivity contribution in [3.8, 4) is 6.07 Å². The van der Waals surface area contributed by atoms with Gasteiger partial charge in [-0.05, 0) is 37.4 Å². The van der Waals surface area contributed by atoms with E-state index in [4.69, 9.17) is 5.26 Å². The van der Waals surface area contributed by atoms with Crippen molar-refractivity contribution in [1.82, 2.24) is 10.2 Å². The minimum Gasteiger partial charge on any atom is -0.308 e. The van der Waals surface area contributed by atoms with E-state index in [1.165, 1.54) is 5.56 Å². The molecule has 3 heteroatoms. The van der Waals surface area contributed by atoms with Gasteiger partial charge < -0.3 is 10.2 Å². The molecule has 0 saturated heterocycles. The molecule has 0 amide bonds. The van der Waals surface area contributed by atoms with Gasteiger partial charge in [-0.15, -0.1) is 0 Å². The summed E-state index contributed by atoms with van der Waals surface area (Å²) in [6.45, 7) is 1.69. The maximum atomic E-state index is 8.96. The van der Waals surface area contributed by atoms with Crippen LogP contribution < -0.4 is 5.32 Å². The van der Waals surface area contributed by atoms with E-state index in [-0.39, 0.29) is 6.04 Å². The highest BCUT2D eigenvalue weighted by atomic mass is 15.1. The van der Waals surface area contributed by atoms with Crippen LogP contribution in [0, 0.1) is 11.3 Å². The number of rotatable bonds is 6. The van der Waals surface area contributed by atoms with E-state index >= 15 is 0 Å². The zero-order chi connectivity index (χ0) is 15.1. The van der Waals surface area contributed by atoms with E-state index < -0.39 is 0 Å². The number of nitrogens with zero attached hydrogens (tertiary/aromatic N) is 2. The van der Waals surface area contributed by atoms with E-state index in [9.17, 15) is 0 Å². The van der Waals surface area contributed by atoms with Crippen molar-refractivity contribution in [1.29, 1.82) is 5.26 Å². The first kappa shape index (κ1) is 15.2. The lowest BCUT2D eigenvalue weighted by Crippen LogP contribution is -2.30. The molecule has 2 aromatic carbocycles. The Hall–Kier alpha value is -2.15. The van der Waals surface area contributed by atoms with E-state index in [1.807, 2.05) is 30.3 Å². The second-order valence-corrected chi connectivity index (χ2v) is 5.42. The molecule has 0 unspecified atom stereocenters. The van der Waals surface area contributed by atoms with Gasteiger partial charge in [0.15, 0.2) is 0 Å². The molecule has 0 aliphatic rings. The standard InChI is InChI=1S/C18H21N3/c1-21(2)14-18(17-9-4-3-5-10-17)20-13-16-8-6-7-15(11-16)12-19/h3-11,18,20H,13-14H2,1-2H3/t18-/m0/s1. The minimum absolute atomic E-state index is 0.270. The summed E-state index contributed by atoms with van der Waals surface area (Å²) in [4.78, 5) is 2.18. The van der Waals surface area contributed by atoms with Crippen molar-refractivity contribution in [3.05, 3.63) is 71.3 Å². The lowest BCUT2D eigenvalue weighted by Gasteiger charge is -2.23. The van der Waals surface area contributed by atoms with E-state index in [2.05, 4.69) is 54.6 Å². The monoisotopic (exact) mass is 279 g/mol. The average molecular weight is 279 g/mol. The molecule has 1 N–H and O–H groups in total. The van der Waals surface area contributed by atoms with Crippen molar-refractivity contribution in [3.63, 3.8) is 0 Å². The predicted molar refractivity (Wildman–Crippen MR) is 85.7 cm³/mol. The Bertz CT molecular complexity index is 599. The number of benzene rings is 2. The highest BCUT2D eigenvalue weighted by Gasteiger charge is 2.11. The number of nitriles is 1. The minimum atomic E-state index is 0.270. The van der Waals surface area contributed by atoms with Crippen molar-refractivity contribution in [2.24, 2.45) is 0 Å². The summed E-state index contributed by atoms with van der Waals surface area (Å²) in [5.41, 5.74) is 3.12. The van der Waals surface area contributed by atoms with Gasteiger partial charge in [0.1, 0.15) is 0 Å². The van der Waals surface area contributed by atoms with Crippen LogP contribution in [0.1, 0.15) is 22.7 Å². The summed E-state index contributed by atoms with van der Waals surface area (Å²) in [7, 11) is 4.15. The summed E-state index contributed by atoms with van der Waals surface area (Å²) >= 11 is 0. The van der Waals surface area contributed by atoms with Crippen LogP contribution >= 0.6 is 0 Å². The highest BCUT2D eigenvalue weighted by molar-refractivity contribution is 5.32. The SMILES string of the molecule is CN(C)C[C@H](NCc1cccc(C#N)c1)c1ccccc1.